The molecule has 90 valence electrons. The summed E-state index contributed by atoms with van der Waals surface area (Å²) >= 11 is 0. The molecule has 0 aliphatic heterocycles. The van der Waals surface area contributed by atoms with Crippen molar-refractivity contribution in [2.24, 2.45) is 5.73 Å². The highest BCUT2D eigenvalue weighted by Crippen LogP contribution is 2.24. The summed E-state index contributed by atoms with van der Waals surface area (Å²) in [6, 6.07) is 19.0. The van der Waals surface area contributed by atoms with Gasteiger partial charge in [0.2, 0.25) is 0 Å². The molecule has 0 aliphatic rings. The van der Waals surface area contributed by atoms with Crippen LogP contribution < -0.4 is 10.5 Å². The number of nitriles is 1. The lowest BCUT2D eigenvalue weighted by atomic mass is 10.1. The van der Waals surface area contributed by atoms with Gasteiger partial charge in [0.1, 0.15) is 17.9 Å². The van der Waals surface area contributed by atoms with Gasteiger partial charge in [0.15, 0.2) is 0 Å². The normalized spacial score (nSPS) is 11.6. The highest BCUT2D eigenvalue weighted by molar-refractivity contribution is 5.43. The van der Waals surface area contributed by atoms with Crippen molar-refractivity contribution in [3.63, 3.8) is 0 Å². The molecule has 3 nitrogen and oxygen atoms in total. The molecule has 0 saturated heterocycles. The molecular formula is C15H14N2O. The zero-order valence-corrected chi connectivity index (χ0v) is 9.91. The van der Waals surface area contributed by atoms with Crippen LogP contribution in [0.1, 0.15) is 17.2 Å². The number of ether oxygens (including phenoxy) is 1. The molecule has 0 radical (unpaired) electrons. The maximum Gasteiger partial charge on any atom is 0.138 e. The van der Waals surface area contributed by atoms with Gasteiger partial charge in [-0.3, -0.25) is 0 Å². The SMILES string of the molecule is N#Cc1ccccc1OC(CN)c1ccccc1. The third-order valence-electron chi connectivity index (χ3n) is 2.66. The number of para-hydroxylation sites is 1. The van der Waals surface area contributed by atoms with E-state index in [0.29, 0.717) is 17.9 Å². The summed E-state index contributed by atoms with van der Waals surface area (Å²) in [6.45, 7) is 0.365. The van der Waals surface area contributed by atoms with Crippen molar-refractivity contribution < 1.29 is 4.74 Å². The van der Waals surface area contributed by atoms with Crippen LogP contribution in [-0.4, -0.2) is 6.54 Å². The molecule has 0 heterocycles. The number of hydrogen-bond donors (Lipinski definition) is 1. The fourth-order valence-electron chi connectivity index (χ4n) is 1.73. The first-order chi connectivity index (χ1) is 8.85. The van der Waals surface area contributed by atoms with Crippen molar-refractivity contribution in [3.05, 3.63) is 65.7 Å². The lowest BCUT2D eigenvalue weighted by Gasteiger charge is -2.18. The molecular weight excluding hydrogens is 224 g/mol. The Balaban J connectivity index is 2.24. The fourth-order valence-corrected chi connectivity index (χ4v) is 1.73. The lowest BCUT2D eigenvalue weighted by Crippen LogP contribution is -2.18. The van der Waals surface area contributed by atoms with Gasteiger partial charge in [-0.1, -0.05) is 42.5 Å². The standard InChI is InChI=1S/C15H14N2O/c16-10-13-8-4-5-9-14(13)18-15(11-17)12-6-2-1-3-7-12/h1-9,15H,11,17H2. The molecule has 1 unspecified atom stereocenters. The molecule has 0 bridgehead atoms. The van der Waals surface area contributed by atoms with Gasteiger partial charge in [-0.05, 0) is 17.7 Å². The van der Waals surface area contributed by atoms with Gasteiger partial charge >= 0.3 is 0 Å². The summed E-state index contributed by atoms with van der Waals surface area (Å²) in [5.74, 6) is 0.569. The van der Waals surface area contributed by atoms with Crippen molar-refractivity contribution in [2.75, 3.05) is 6.54 Å². The number of benzene rings is 2. The number of nitrogens with zero attached hydrogens (tertiary/aromatic N) is 1. The minimum Gasteiger partial charge on any atom is -0.483 e. The van der Waals surface area contributed by atoms with Gasteiger partial charge < -0.3 is 10.5 Å². The second-order valence-electron chi connectivity index (χ2n) is 3.86. The van der Waals surface area contributed by atoms with E-state index < -0.39 is 0 Å². The van der Waals surface area contributed by atoms with Crippen molar-refractivity contribution in [2.45, 2.75) is 6.10 Å². The molecule has 0 aromatic heterocycles. The number of hydrogen-bond acceptors (Lipinski definition) is 3. The second-order valence-corrected chi connectivity index (χ2v) is 3.86. The third kappa shape index (κ3) is 2.68. The Labute approximate surface area is 106 Å². The van der Waals surface area contributed by atoms with Crippen molar-refractivity contribution in [1.29, 1.82) is 5.26 Å². The fraction of sp³-hybridized carbons (Fsp3) is 0.133. The molecule has 2 N–H and O–H groups in total. The van der Waals surface area contributed by atoms with Gasteiger partial charge in [0.05, 0.1) is 5.56 Å². The Morgan fingerprint density at radius 3 is 2.39 bits per heavy atom. The van der Waals surface area contributed by atoms with Crippen LogP contribution in [0.25, 0.3) is 0 Å². The smallest absolute Gasteiger partial charge is 0.138 e. The van der Waals surface area contributed by atoms with Crippen LogP contribution in [0.2, 0.25) is 0 Å². The zero-order valence-electron chi connectivity index (χ0n) is 9.91. The third-order valence-corrected chi connectivity index (χ3v) is 2.66. The van der Waals surface area contributed by atoms with E-state index in [4.69, 9.17) is 15.7 Å². The van der Waals surface area contributed by atoms with Crippen LogP contribution in [0.5, 0.6) is 5.75 Å². The minimum atomic E-state index is -0.235. The molecule has 3 heteroatoms. The van der Waals surface area contributed by atoms with Crippen molar-refractivity contribution >= 4 is 0 Å². The molecule has 1 atom stereocenters. The topological polar surface area (TPSA) is 59.0 Å². The summed E-state index contributed by atoms with van der Waals surface area (Å²) in [5.41, 5.74) is 7.26. The largest absolute Gasteiger partial charge is 0.483 e. The van der Waals surface area contributed by atoms with Crippen LogP contribution in [0.3, 0.4) is 0 Å². The maximum atomic E-state index is 9.01. The quantitative estimate of drug-likeness (QED) is 0.890. The Morgan fingerprint density at radius 2 is 1.72 bits per heavy atom. The molecule has 0 saturated carbocycles. The lowest BCUT2D eigenvalue weighted by molar-refractivity contribution is 0.213. The van der Waals surface area contributed by atoms with Gasteiger partial charge in [0.25, 0.3) is 0 Å². The molecule has 0 aliphatic carbocycles. The predicted octanol–water partition coefficient (Wildman–Crippen LogP) is 2.64. The average molecular weight is 238 g/mol. The molecule has 2 aromatic carbocycles. The summed E-state index contributed by atoms with van der Waals surface area (Å²) < 4.78 is 5.82. The highest BCUT2D eigenvalue weighted by Gasteiger charge is 2.12. The van der Waals surface area contributed by atoms with Gasteiger partial charge in [-0.25, -0.2) is 0 Å². The predicted molar refractivity (Wildman–Crippen MR) is 70.0 cm³/mol. The second kappa shape index (κ2) is 5.85. The Morgan fingerprint density at radius 1 is 1.06 bits per heavy atom. The van der Waals surface area contributed by atoms with Crippen molar-refractivity contribution in [1.82, 2.24) is 0 Å². The van der Waals surface area contributed by atoms with Crippen LogP contribution in [-0.2, 0) is 0 Å². The maximum absolute atomic E-state index is 9.01. The van der Waals surface area contributed by atoms with E-state index in [1.165, 1.54) is 0 Å². The number of nitrogens with two attached hydrogens (primary N) is 1. The van der Waals surface area contributed by atoms with Gasteiger partial charge in [-0.2, -0.15) is 5.26 Å². The molecule has 0 fully saturated rings. The van der Waals surface area contributed by atoms with Crippen LogP contribution in [0.15, 0.2) is 54.6 Å². The summed E-state index contributed by atoms with van der Waals surface area (Å²) in [7, 11) is 0. The zero-order chi connectivity index (χ0) is 12.8. The molecule has 2 aromatic rings. The molecule has 2 rings (SSSR count). The van der Waals surface area contributed by atoms with Crippen LogP contribution >= 0.6 is 0 Å². The Hall–Kier alpha value is -2.31. The monoisotopic (exact) mass is 238 g/mol. The van der Waals surface area contributed by atoms with E-state index in [1.54, 1.807) is 12.1 Å². The summed E-state index contributed by atoms with van der Waals surface area (Å²) in [6.07, 6.45) is -0.235. The molecule has 0 spiro atoms. The highest BCUT2D eigenvalue weighted by atomic mass is 16.5. The van der Waals surface area contributed by atoms with Gasteiger partial charge in [-0.15, -0.1) is 0 Å². The van der Waals surface area contributed by atoms with E-state index in [1.807, 2.05) is 42.5 Å². The summed E-state index contributed by atoms with van der Waals surface area (Å²) in [5, 5.41) is 9.01. The number of rotatable bonds is 4. The van der Waals surface area contributed by atoms with E-state index in [2.05, 4.69) is 6.07 Å². The van der Waals surface area contributed by atoms with Crippen molar-refractivity contribution in [3.8, 4) is 11.8 Å². The molecule has 18 heavy (non-hydrogen) atoms. The van der Waals surface area contributed by atoms with E-state index >= 15 is 0 Å². The average Bonchev–Trinajstić information content (AvgIpc) is 2.46. The van der Waals surface area contributed by atoms with E-state index in [0.717, 1.165) is 5.56 Å². The molecule has 0 amide bonds. The van der Waals surface area contributed by atoms with E-state index in [-0.39, 0.29) is 6.10 Å². The minimum absolute atomic E-state index is 0.235. The Bertz CT molecular complexity index is 546. The summed E-state index contributed by atoms with van der Waals surface area (Å²) in [4.78, 5) is 0. The first-order valence-electron chi connectivity index (χ1n) is 5.76. The first-order valence-corrected chi connectivity index (χ1v) is 5.76. The van der Waals surface area contributed by atoms with Crippen LogP contribution in [0.4, 0.5) is 0 Å². The first kappa shape index (κ1) is 12.2. The van der Waals surface area contributed by atoms with Gasteiger partial charge in [0, 0.05) is 6.54 Å². The van der Waals surface area contributed by atoms with Crippen LogP contribution in [0, 0.1) is 11.3 Å². The van der Waals surface area contributed by atoms with E-state index in [9.17, 15) is 0 Å². The Kier molecular flexibility index (Phi) is 3.95.